The molecule has 1 aliphatic heterocycles. The minimum atomic E-state index is -0.0777. The summed E-state index contributed by atoms with van der Waals surface area (Å²) in [5.74, 6) is 1.03. The second-order valence-electron chi connectivity index (χ2n) is 6.92. The van der Waals surface area contributed by atoms with Crippen LogP contribution in [-0.4, -0.2) is 5.60 Å². The summed E-state index contributed by atoms with van der Waals surface area (Å²) in [4.78, 5) is 0. The first-order valence-electron chi connectivity index (χ1n) is 7.73. The summed E-state index contributed by atoms with van der Waals surface area (Å²) in [7, 11) is 0. The molecule has 108 valence electrons. The molecule has 2 aromatic carbocycles. The second kappa shape index (κ2) is 4.35. The van der Waals surface area contributed by atoms with E-state index in [1.165, 1.54) is 27.8 Å². The van der Waals surface area contributed by atoms with Crippen LogP contribution in [0.1, 0.15) is 43.0 Å². The minimum Gasteiger partial charge on any atom is -0.487 e. The quantitative estimate of drug-likeness (QED) is 0.856. The molecular weight excluding hydrogens is 258 g/mol. The summed E-state index contributed by atoms with van der Waals surface area (Å²) in [5, 5.41) is 0. The fourth-order valence-corrected chi connectivity index (χ4v) is 3.62. The normalized spacial score (nSPS) is 21.8. The van der Waals surface area contributed by atoms with Crippen LogP contribution in [0.2, 0.25) is 0 Å². The molecule has 2 aromatic rings. The molecule has 1 atom stereocenters. The van der Waals surface area contributed by atoms with Crippen LogP contribution in [0.3, 0.4) is 0 Å². The van der Waals surface area contributed by atoms with Gasteiger partial charge in [0.15, 0.2) is 0 Å². The SMILES string of the molecule is CC1(C)Cc2cc(-c3ccc4c(c3)CCC4N)ccc2O1. The summed E-state index contributed by atoms with van der Waals surface area (Å²) in [5.41, 5.74) is 12.7. The molecular formula is C19H21NO. The Balaban J connectivity index is 1.73. The third-order valence-electron chi connectivity index (χ3n) is 4.66. The molecule has 2 heteroatoms. The lowest BCUT2D eigenvalue weighted by Crippen LogP contribution is -2.24. The smallest absolute Gasteiger partial charge is 0.123 e. The zero-order valence-corrected chi connectivity index (χ0v) is 12.6. The van der Waals surface area contributed by atoms with Crippen molar-refractivity contribution in [1.29, 1.82) is 0 Å². The van der Waals surface area contributed by atoms with E-state index in [4.69, 9.17) is 10.5 Å². The first-order valence-corrected chi connectivity index (χ1v) is 7.73. The van der Waals surface area contributed by atoms with E-state index in [0.717, 1.165) is 25.0 Å². The number of fused-ring (bicyclic) bond motifs is 2. The summed E-state index contributed by atoms with van der Waals surface area (Å²) >= 11 is 0. The molecule has 1 aliphatic carbocycles. The predicted molar refractivity (Wildman–Crippen MR) is 85.5 cm³/mol. The van der Waals surface area contributed by atoms with Crippen molar-refractivity contribution in [3.8, 4) is 16.9 Å². The van der Waals surface area contributed by atoms with Crippen molar-refractivity contribution < 1.29 is 4.74 Å². The fraction of sp³-hybridized carbons (Fsp3) is 0.368. The lowest BCUT2D eigenvalue weighted by molar-refractivity contribution is 0.138. The molecule has 21 heavy (non-hydrogen) atoms. The number of benzene rings is 2. The van der Waals surface area contributed by atoms with E-state index in [-0.39, 0.29) is 11.6 Å². The molecule has 0 saturated heterocycles. The average Bonchev–Trinajstić information content (AvgIpc) is 2.96. The maximum Gasteiger partial charge on any atom is 0.123 e. The molecule has 2 aliphatic rings. The molecule has 4 rings (SSSR count). The topological polar surface area (TPSA) is 35.2 Å². The Hall–Kier alpha value is -1.80. The van der Waals surface area contributed by atoms with E-state index in [1.54, 1.807) is 0 Å². The number of ether oxygens (including phenoxy) is 1. The first kappa shape index (κ1) is 12.9. The van der Waals surface area contributed by atoms with Crippen molar-refractivity contribution in [3.05, 3.63) is 53.1 Å². The number of aryl methyl sites for hydroxylation is 1. The van der Waals surface area contributed by atoms with Crippen LogP contribution in [0.4, 0.5) is 0 Å². The van der Waals surface area contributed by atoms with Gasteiger partial charge in [-0.05, 0) is 66.6 Å². The molecule has 0 bridgehead atoms. The third-order valence-corrected chi connectivity index (χ3v) is 4.66. The highest BCUT2D eigenvalue weighted by molar-refractivity contribution is 5.68. The third kappa shape index (κ3) is 2.14. The summed E-state index contributed by atoms with van der Waals surface area (Å²) < 4.78 is 5.96. The Labute approximate surface area is 125 Å². The molecule has 2 nitrogen and oxygen atoms in total. The van der Waals surface area contributed by atoms with Crippen LogP contribution in [0, 0.1) is 0 Å². The Kier molecular flexibility index (Phi) is 2.67. The molecule has 0 fully saturated rings. The largest absolute Gasteiger partial charge is 0.487 e. The fourth-order valence-electron chi connectivity index (χ4n) is 3.62. The van der Waals surface area contributed by atoms with Gasteiger partial charge in [0.1, 0.15) is 11.4 Å². The van der Waals surface area contributed by atoms with E-state index >= 15 is 0 Å². The van der Waals surface area contributed by atoms with Crippen LogP contribution < -0.4 is 10.5 Å². The second-order valence-corrected chi connectivity index (χ2v) is 6.92. The van der Waals surface area contributed by atoms with Crippen molar-refractivity contribution in [2.75, 3.05) is 0 Å². The molecule has 1 heterocycles. The van der Waals surface area contributed by atoms with Crippen molar-refractivity contribution in [3.63, 3.8) is 0 Å². The molecule has 2 N–H and O–H groups in total. The van der Waals surface area contributed by atoms with Crippen molar-refractivity contribution in [1.82, 2.24) is 0 Å². The van der Waals surface area contributed by atoms with Crippen LogP contribution >= 0.6 is 0 Å². The zero-order valence-electron chi connectivity index (χ0n) is 12.6. The van der Waals surface area contributed by atoms with Gasteiger partial charge in [0.2, 0.25) is 0 Å². The van der Waals surface area contributed by atoms with Gasteiger partial charge in [-0.3, -0.25) is 0 Å². The van der Waals surface area contributed by atoms with Gasteiger partial charge in [-0.15, -0.1) is 0 Å². The highest BCUT2D eigenvalue weighted by Gasteiger charge is 2.30. The lowest BCUT2D eigenvalue weighted by Gasteiger charge is -2.16. The maximum atomic E-state index is 6.12. The molecule has 0 radical (unpaired) electrons. The summed E-state index contributed by atoms with van der Waals surface area (Å²) in [6.45, 7) is 4.28. The van der Waals surface area contributed by atoms with Gasteiger partial charge >= 0.3 is 0 Å². The summed E-state index contributed by atoms with van der Waals surface area (Å²) in [6, 6.07) is 13.5. The van der Waals surface area contributed by atoms with Crippen LogP contribution in [0.25, 0.3) is 11.1 Å². The van der Waals surface area contributed by atoms with E-state index in [9.17, 15) is 0 Å². The Morgan fingerprint density at radius 1 is 1.05 bits per heavy atom. The molecule has 1 unspecified atom stereocenters. The number of nitrogens with two attached hydrogens (primary N) is 1. The van der Waals surface area contributed by atoms with Crippen molar-refractivity contribution in [2.45, 2.75) is 44.8 Å². The predicted octanol–water partition coefficient (Wildman–Crippen LogP) is 4.01. The van der Waals surface area contributed by atoms with Crippen LogP contribution in [0.5, 0.6) is 5.75 Å². The molecule has 0 amide bonds. The van der Waals surface area contributed by atoms with Gasteiger partial charge < -0.3 is 10.5 Å². The van der Waals surface area contributed by atoms with Crippen LogP contribution in [-0.2, 0) is 12.8 Å². The van der Waals surface area contributed by atoms with Crippen molar-refractivity contribution >= 4 is 0 Å². The molecule has 0 aromatic heterocycles. The number of rotatable bonds is 1. The average molecular weight is 279 g/mol. The zero-order chi connectivity index (χ0) is 14.6. The standard InChI is InChI=1S/C19H21NO/c1-19(2)11-15-10-13(5-8-18(15)21-19)12-3-6-16-14(9-12)4-7-17(16)20/h3,5-6,8-10,17H,4,7,11,20H2,1-2H3. The van der Waals surface area contributed by atoms with Gasteiger partial charge in [-0.2, -0.15) is 0 Å². The lowest BCUT2D eigenvalue weighted by atomic mass is 9.96. The van der Waals surface area contributed by atoms with Gasteiger partial charge in [0.05, 0.1) is 0 Å². The van der Waals surface area contributed by atoms with Crippen LogP contribution in [0.15, 0.2) is 36.4 Å². The Morgan fingerprint density at radius 2 is 1.76 bits per heavy atom. The van der Waals surface area contributed by atoms with Gasteiger partial charge in [0.25, 0.3) is 0 Å². The van der Waals surface area contributed by atoms with E-state index in [2.05, 4.69) is 50.2 Å². The van der Waals surface area contributed by atoms with E-state index < -0.39 is 0 Å². The number of hydrogen-bond acceptors (Lipinski definition) is 2. The molecule has 0 spiro atoms. The first-order chi connectivity index (χ1) is 10.0. The van der Waals surface area contributed by atoms with Gasteiger partial charge in [-0.1, -0.05) is 24.3 Å². The Bertz CT molecular complexity index is 718. The summed E-state index contributed by atoms with van der Waals surface area (Å²) in [6.07, 6.45) is 3.16. The van der Waals surface area contributed by atoms with E-state index in [1.807, 2.05) is 0 Å². The highest BCUT2D eigenvalue weighted by atomic mass is 16.5. The monoisotopic (exact) mass is 279 g/mol. The van der Waals surface area contributed by atoms with Gasteiger partial charge in [-0.25, -0.2) is 0 Å². The van der Waals surface area contributed by atoms with Crippen molar-refractivity contribution in [2.24, 2.45) is 5.73 Å². The molecule has 0 saturated carbocycles. The minimum absolute atomic E-state index is 0.0777. The highest BCUT2D eigenvalue weighted by Crippen LogP contribution is 2.38. The van der Waals surface area contributed by atoms with E-state index in [0.29, 0.717) is 0 Å². The Morgan fingerprint density at radius 3 is 2.57 bits per heavy atom. The van der Waals surface area contributed by atoms with Gasteiger partial charge in [0, 0.05) is 12.5 Å². The number of hydrogen-bond donors (Lipinski definition) is 1. The maximum absolute atomic E-state index is 6.12.